The molecule has 0 atom stereocenters. The average molecular weight is 228 g/mol. The predicted molar refractivity (Wildman–Crippen MR) is 68.5 cm³/mol. The second kappa shape index (κ2) is 4.46. The molecular formula is C13H16N4. The van der Waals surface area contributed by atoms with Gasteiger partial charge < -0.3 is 10.3 Å². The van der Waals surface area contributed by atoms with Crippen LogP contribution in [0.3, 0.4) is 0 Å². The molecule has 0 fully saturated rings. The number of hydrogen-bond acceptors (Lipinski definition) is 3. The van der Waals surface area contributed by atoms with E-state index in [0.29, 0.717) is 17.6 Å². The molecule has 0 aliphatic rings. The van der Waals surface area contributed by atoms with Crippen molar-refractivity contribution in [3.8, 4) is 6.07 Å². The number of rotatable bonds is 3. The number of nitrogens with two attached hydrogens (primary N) is 1. The van der Waals surface area contributed by atoms with Gasteiger partial charge in [0.1, 0.15) is 0 Å². The van der Waals surface area contributed by atoms with Crippen LogP contribution in [-0.4, -0.2) is 9.55 Å². The van der Waals surface area contributed by atoms with Crippen molar-refractivity contribution < 1.29 is 0 Å². The van der Waals surface area contributed by atoms with Gasteiger partial charge in [0, 0.05) is 6.04 Å². The molecular weight excluding hydrogens is 212 g/mol. The second-order valence-corrected chi connectivity index (χ2v) is 4.13. The molecule has 0 aliphatic heterocycles. The smallest absolute Gasteiger partial charge is 0.201 e. The molecule has 2 N–H and O–H groups in total. The summed E-state index contributed by atoms with van der Waals surface area (Å²) in [5, 5.41) is 8.94. The van der Waals surface area contributed by atoms with Crippen molar-refractivity contribution in [1.29, 1.82) is 5.26 Å². The van der Waals surface area contributed by atoms with E-state index in [1.54, 1.807) is 6.07 Å². The molecule has 0 unspecified atom stereocenters. The highest BCUT2D eigenvalue weighted by Gasteiger charge is 2.15. The molecule has 0 saturated carbocycles. The fourth-order valence-corrected chi connectivity index (χ4v) is 2.22. The third-order valence-corrected chi connectivity index (χ3v) is 3.15. The molecule has 0 bridgehead atoms. The zero-order valence-electron chi connectivity index (χ0n) is 10.1. The second-order valence-electron chi connectivity index (χ2n) is 4.13. The molecule has 4 heteroatoms. The number of anilines is 1. The number of nitrogen functional groups attached to an aromatic ring is 1. The Hall–Kier alpha value is -2.02. The van der Waals surface area contributed by atoms with Crippen molar-refractivity contribution in [2.75, 3.05) is 5.73 Å². The summed E-state index contributed by atoms with van der Waals surface area (Å²) in [6.07, 6.45) is 2.01. The largest absolute Gasteiger partial charge is 0.369 e. The molecule has 1 aromatic carbocycles. The Morgan fingerprint density at radius 1 is 1.41 bits per heavy atom. The molecule has 0 saturated heterocycles. The van der Waals surface area contributed by atoms with Crippen LogP contribution < -0.4 is 5.73 Å². The number of nitriles is 1. The molecule has 1 heterocycles. The third kappa shape index (κ3) is 1.84. The van der Waals surface area contributed by atoms with Crippen LogP contribution in [0, 0.1) is 11.3 Å². The van der Waals surface area contributed by atoms with E-state index < -0.39 is 0 Å². The summed E-state index contributed by atoms with van der Waals surface area (Å²) in [6, 6.07) is 7.97. The van der Waals surface area contributed by atoms with Gasteiger partial charge in [0.25, 0.3) is 0 Å². The monoisotopic (exact) mass is 228 g/mol. The molecule has 0 amide bonds. The molecule has 0 spiro atoms. The molecule has 1 aromatic heterocycles. The van der Waals surface area contributed by atoms with E-state index in [9.17, 15) is 0 Å². The number of imidazole rings is 1. The Balaban J connectivity index is 2.68. The zero-order chi connectivity index (χ0) is 12.4. The minimum absolute atomic E-state index is 0.342. The van der Waals surface area contributed by atoms with E-state index in [2.05, 4.69) is 24.9 Å². The molecule has 2 aromatic rings. The van der Waals surface area contributed by atoms with Crippen molar-refractivity contribution in [2.24, 2.45) is 0 Å². The van der Waals surface area contributed by atoms with Gasteiger partial charge >= 0.3 is 0 Å². The highest BCUT2D eigenvalue weighted by molar-refractivity contribution is 5.80. The fraction of sp³-hybridized carbons (Fsp3) is 0.385. The van der Waals surface area contributed by atoms with Gasteiger partial charge in [-0.15, -0.1) is 0 Å². The summed E-state index contributed by atoms with van der Waals surface area (Å²) in [6.45, 7) is 4.27. The fourth-order valence-electron chi connectivity index (χ4n) is 2.22. The summed E-state index contributed by atoms with van der Waals surface area (Å²) in [4.78, 5) is 4.34. The summed E-state index contributed by atoms with van der Waals surface area (Å²) in [5.74, 6) is 0.531. The topological polar surface area (TPSA) is 67.6 Å². The summed E-state index contributed by atoms with van der Waals surface area (Å²) < 4.78 is 2.04. The molecule has 88 valence electrons. The lowest BCUT2D eigenvalue weighted by atomic mass is 10.1. The van der Waals surface area contributed by atoms with Crippen LogP contribution in [0.5, 0.6) is 0 Å². The number of hydrogen-bond donors (Lipinski definition) is 1. The maximum atomic E-state index is 8.94. The minimum Gasteiger partial charge on any atom is -0.369 e. The highest BCUT2D eigenvalue weighted by Crippen LogP contribution is 2.27. The first-order valence-corrected chi connectivity index (χ1v) is 5.88. The normalized spacial score (nSPS) is 10.9. The molecule has 2 rings (SSSR count). The maximum Gasteiger partial charge on any atom is 0.201 e. The Labute approximate surface area is 101 Å². The van der Waals surface area contributed by atoms with Crippen molar-refractivity contribution in [2.45, 2.75) is 32.7 Å². The van der Waals surface area contributed by atoms with Gasteiger partial charge in [-0.25, -0.2) is 4.98 Å². The van der Waals surface area contributed by atoms with Crippen molar-refractivity contribution in [1.82, 2.24) is 9.55 Å². The number of aromatic nitrogens is 2. The summed E-state index contributed by atoms with van der Waals surface area (Å²) in [5.41, 5.74) is 8.42. The van der Waals surface area contributed by atoms with E-state index in [4.69, 9.17) is 11.0 Å². The van der Waals surface area contributed by atoms with Gasteiger partial charge in [-0.3, -0.25) is 0 Å². The number of benzene rings is 1. The van der Waals surface area contributed by atoms with Gasteiger partial charge in [0.05, 0.1) is 22.7 Å². The maximum absolute atomic E-state index is 8.94. The van der Waals surface area contributed by atoms with Crippen LogP contribution >= 0.6 is 0 Å². The van der Waals surface area contributed by atoms with E-state index in [0.717, 1.165) is 23.9 Å². The Morgan fingerprint density at radius 3 is 2.71 bits per heavy atom. The summed E-state index contributed by atoms with van der Waals surface area (Å²) >= 11 is 0. The molecule has 17 heavy (non-hydrogen) atoms. The Kier molecular flexibility index (Phi) is 3.01. The van der Waals surface area contributed by atoms with Gasteiger partial charge in [-0.2, -0.15) is 5.26 Å². The van der Waals surface area contributed by atoms with Crippen molar-refractivity contribution >= 4 is 17.0 Å². The molecule has 4 nitrogen and oxygen atoms in total. The SMILES string of the molecule is CCC(CC)n1c(N)nc2ccc(C#N)cc21. The number of fused-ring (bicyclic) bond motifs is 1. The first-order chi connectivity index (χ1) is 8.21. The van der Waals surface area contributed by atoms with Gasteiger partial charge in [-0.1, -0.05) is 13.8 Å². The van der Waals surface area contributed by atoms with Crippen LogP contribution in [-0.2, 0) is 0 Å². The van der Waals surface area contributed by atoms with E-state index in [1.807, 2.05) is 16.7 Å². The minimum atomic E-state index is 0.342. The van der Waals surface area contributed by atoms with Crippen molar-refractivity contribution in [3.05, 3.63) is 23.8 Å². The zero-order valence-corrected chi connectivity index (χ0v) is 10.1. The van der Waals surface area contributed by atoms with E-state index in [-0.39, 0.29) is 0 Å². The average Bonchev–Trinajstić information content (AvgIpc) is 2.67. The van der Waals surface area contributed by atoms with E-state index in [1.165, 1.54) is 0 Å². The van der Waals surface area contributed by atoms with Crippen molar-refractivity contribution in [3.63, 3.8) is 0 Å². The summed E-state index contributed by atoms with van der Waals surface area (Å²) in [7, 11) is 0. The van der Waals surface area contributed by atoms with Gasteiger partial charge in [-0.05, 0) is 31.0 Å². The van der Waals surface area contributed by atoms with Gasteiger partial charge in [0.2, 0.25) is 5.95 Å². The Morgan fingerprint density at radius 2 is 2.12 bits per heavy atom. The van der Waals surface area contributed by atoms with E-state index >= 15 is 0 Å². The lowest BCUT2D eigenvalue weighted by Gasteiger charge is -2.16. The lowest BCUT2D eigenvalue weighted by molar-refractivity contribution is 0.489. The standard InChI is InChI=1S/C13H16N4/c1-3-10(4-2)17-12-7-9(8-14)5-6-11(12)16-13(17)15/h5-7,10H,3-4H2,1-2H3,(H2,15,16). The van der Waals surface area contributed by atoms with Crippen LogP contribution in [0.4, 0.5) is 5.95 Å². The highest BCUT2D eigenvalue weighted by atomic mass is 15.2. The third-order valence-electron chi connectivity index (χ3n) is 3.15. The van der Waals surface area contributed by atoms with Crippen LogP contribution in [0.25, 0.3) is 11.0 Å². The van der Waals surface area contributed by atoms with Crippen LogP contribution in [0.2, 0.25) is 0 Å². The molecule has 0 aliphatic carbocycles. The quantitative estimate of drug-likeness (QED) is 0.878. The lowest BCUT2D eigenvalue weighted by Crippen LogP contribution is -2.10. The molecule has 0 radical (unpaired) electrons. The van der Waals surface area contributed by atoms with Gasteiger partial charge in [0.15, 0.2) is 0 Å². The predicted octanol–water partition coefficient (Wildman–Crippen LogP) is 2.85. The van der Waals surface area contributed by atoms with Crippen LogP contribution in [0.15, 0.2) is 18.2 Å². The number of nitrogens with zero attached hydrogens (tertiary/aromatic N) is 3. The van der Waals surface area contributed by atoms with Crippen LogP contribution in [0.1, 0.15) is 38.3 Å². The first kappa shape index (κ1) is 11.5. The Bertz CT molecular complexity index is 573. The first-order valence-electron chi connectivity index (χ1n) is 5.88.